The van der Waals surface area contributed by atoms with Crippen LogP contribution in [-0.4, -0.2) is 23.4 Å². The number of nitrogens with zero attached hydrogens (tertiary/aromatic N) is 1. The van der Waals surface area contributed by atoms with Crippen LogP contribution in [0.3, 0.4) is 0 Å². The number of hydrogen-bond donors (Lipinski definition) is 0. The Morgan fingerprint density at radius 1 is 0.957 bits per heavy atom. The van der Waals surface area contributed by atoms with Gasteiger partial charge in [-0.3, -0.25) is 4.79 Å². The van der Waals surface area contributed by atoms with Crippen LogP contribution in [-0.2, 0) is 17.6 Å². The molecule has 5 fully saturated rings. The van der Waals surface area contributed by atoms with Crippen LogP contribution in [0.5, 0.6) is 0 Å². The highest BCUT2D eigenvalue weighted by atomic mass is 32.1. The molecule has 6 aliphatic rings. The summed E-state index contributed by atoms with van der Waals surface area (Å²) < 4.78 is 0. The molecule has 0 radical (unpaired) electrons. The molecule has 2 heterocycles. The highest BCUT2D eigenvalue weighted by molar-refractivity contribution is 7.10. The van der Waals surface area contributed by atoms with E-state index in [0.717, 1.165) is 43.1 Å². The Bertz CT molecular complexity index is 636. The Balaban J connectivity index is 1.29. The van der Waals surface area contributed by atoms with Crippen molar-refractivity contribution >= 4 is 17.2 Å². The number of likely N-dealkylation sites (tertiary alicyclic amines) is 1. The van der Waals surface area contributed by atoms with Gasteiger partial charge >= 0.3 is 0 Å². The minimum absolute atomic E-state index is 0.300. The summed E-state index contributed by atoms with van der Waals surface area (Å²) in [7, 11) is 0. The van der Waals surface area contributed by atoms with Gasteiger partial charge in [0.1, 0.15) is 0 Å². The van der Waals surface area contributed by atoms with Crippen LogP contribution in [0, 0.1) is 35.5 Å². The fourth-order valence-corrected chi connectivity index (χ4v) is 8.23. The van der Waals surface area contributed by atoms with Crippen LogP contribution >= 0.6 is 11.3 Å². The summed E-state index contributed by atoms with van der Waals surface area (Å²) in [6.45, 7) is 1.06. The summed E-state index contributed by atoms with van der Waals surface area (Å²) >= 11 is 1.91. The summed E-state index contributed by atoms with van der Waals surface area (Å²) in [4.78, 5) is 17.2. The third-order valence-corrected chi connectivity index (χ3v) is 8.85. The Morgan fingerprint density at radius 3 is 2.43 bits per heavy atom. The van der Waals surface area contributed by atoms with E-state index >= 15 is 0 Å². The molecular formula is C20H25NOS. The van der Waals surface area contributed by atoms with Gasteiger partial charge in [0.05, 0.1) is 0 Å². The van der Waals surface area contributed by atoms with Crippen molar-refractivity contribution in [1.82, 2.24) is 4.90 Å². The van der Waals surface area contributed by atoms with Gasteiger partial charge in [-0.25, -0.2) is 0 Å². The summed E-state index contributed by atoms with van der Waals surface area (Å²) in [5.41, 5.74) is 1.47. The fourth-order valence-electron chi connectivity index (χ4n) is 7.22. The van der Waals surface area contributed by atoms with Crippen molar-refractivity contribution in [3.05, 3.63) is 21.9 Å². The zero-order valence-corrected chi connectivity index (χ0v) is 14.4. The van der Waals surface area contributed by atoms with Crippen molar-refractivity contribution in [3.63, 3.8) is 0 Å². The van der Waals surface area contributed by atoms with Crippen LogP contribution in [0.1, 0.15) is 42.5 Å². The minimum Gasteiger partial charge on any atom is -0.339 e. The lowest BCUT2D eigenvalue weighted by molar-refractivity contribution is -0.141. The second kappa shape index (κ2) is 4.62. The standard InChI is InChI=1S/C20H25NOS/c22-20-17-8-13-1-2-23-18(13)9-16(17)10-21(20)19-14-4-11-3-12(6-14)7-15(19)5-11/h1-2,11-12,14-17,19H,3-10H2/t11?,12?,14?,15?,16-,17+,19?/m1/s1. The van der Waals surface area contributed by atoms with E-state index in [2.05, 4.69) is 16.3 Å². The number of hydrogen-bond acceptors (Lipinski definition) is 2. The molecule has 2 atom stereocenters. The van der Waals surface area contributed by atoms with Crippen molar-refractivity contribution in [3.8, 4) is 0 Å². The number of carbonyl (C=O) groups excluding carboxylic acids is 1. The lowest BCUT2D eigenvalue weighted by Gasteiger charge is -2.56. The minimum atomic E-state index is 0.300. The van der Waals surface area contributed by atoms with E-state index in [-0.39, 0.29) is 0 Å². The highest BCUT2D eigenvalue weighted by Gasteiger charge is 2.54. The van der Waals surface area contributed by atoms with E-state index in [1.807, 2.05) is 11.3 Å². The average Bonchev–Trinajstić information content (AvgIpc) is 3.09. The Morgan fingerprint density at radius 2 is 1.70 bits per heavy atom. The maximum Gasteiger partial charge on any atom is 0.226 e. The van der Waals surface area contributed by atoms with Gasteiger partial charge in [-0.05, 0) is 91.5 Å². The monoisotopic (exact) mass is 327 g/mol. The summed E-state index contributed by atoms with van der Waals surface area (Å²) in [5, 5.41) is 2.21. The van der Waals surface area contributed by atoms with Crippen LogP contribution in [0.15, 0.2) is 11.4 Å². The van der Waals surface area contributed by atoms with Gasteiger partial charge in [0.2, 0.25) is 5.91 Å². The molecular weight excluding hydrogens is 302 g/mol. The molecule has 3 heteroatoms. The molecule has 5 aliphatic carbocycles. The summed E-state index contributed by atoms with van der Waals surface area (Å²) in [5.74, 6) is 5.10. The van der Waals surface area contributed by atoms with Crippen molar-refractivity contribution < 1.29 is 4.79 Å². The molecule has 122 valence electrons. The molecule has 2 nitrogen and oxygen atoms in total. The first-order chi connectivity index (χ1) is 11.3. The fraction of sp³-hybridized carbons (Fsp3) is 0.750. The predicted octanol–water partition coefficient (Wildman–Crippen LogP) is 3.75. The van der Waals surface area contributed by atoms with Gasteiger partial charge in [0.15, 0.2) is 0 Å². The molecule has 0 spiro atoms. The summed E-state index contributed by atoms with van der Waals surface area (Å²) in [6, 6.07) is 2.87. The topological polar surface area (TPSA) is 20.3 Å². The smallest absolute Gasteiger partial charge is 0.226 e. The third kappa shape index (κ3) is 1.83. The van der Waals surface area contributed by atoms with Gasteiger partial charge < -0.3 is 4.90 Å². The van der Waals surface area contributed by atoms with E-state index in [4.69, 9.17) is 0 Å². The Labute approximate surface area is 142 Å². The number of carbonyl (C=O) groups is 1. The largest absolute Gasteiger partial charge is 0.339 e. The van der Waals surface area contributed by atoms with Crippen LogP contribution < -0.4 is 0 Å². The lowest BCUT2D eigenvalue weighted by atomic mass is 9.54. The number of rotatable bonds is 1. The van der Waals surface area contributed by atoms with Gasteiger partial charge in [-0.1, -0.05) is 0 Å². The van der Waals surface area contributed by atoms with Crippen molar-refractivity contribution in [2.24, 2.45) is 35.5 Å². The molecule has 1 aromatic rings. The van der Waals surface area contributed by atoms with E-state index in [0.29, 0.717) is 23.8 Å². The van der Waals surface area contributed by atoms with Crippen LogP contribution in [0.4, 0.5) is 0 Å². The second-order valence-corrected chi connectivity index (χ2v) is 10.1. The molecule has 1 amide bonds. The number of fused-ring (bicyclic) bond motifs is 2. The Hall–Kier alpha value is -0.830. The molecule has 23 heavy (non-hydrogen) atoms. The molecule has 0 unspecified atom stereocenters. The van der Waals surface area contributed by atoms with Gasteiger partial charge in [0, 0.05) is 23.4 Å². The first kappa shape index (κ1) is 13.5. The van der Waals surface area contributed by atoms with E-state index < -0.39 is 0 Å². The van der Waals surface area contributed by atoms with E-state index in [1.54, 1.807) is 4.88 Å². The number of amides is 1. The van der Waals surface area contributed by atoms with Crippen LogP contribution in [0.2, 0.25) is 0 Å². The maximum absolute atomic E-state index is 13.2. The highest BCUT2D eigenvalue weighted by Crippen LogP contribution is 2.56. The van der Waals surface area contributed by atoms with E-state index in [9.17, 15) is 4.79 Å². The lowest BCUT2D eigenvalue weighted by Crippen LogP contribution is -2.56. The van der Waals surface area contributed by atoms with Crippen molar-refractivity contribution in [2.75, 3.05) is 6.54 Å². The molecule has 4 saturated carbocycles. The van der Waals surface area contributed by atoms with Gasteiger partial charge in [-0.15, -0.1) is 11.3 Å². The summed E-state index contributed by atoms with van der Waals surface area (Å²) in [6.07, 6.45) is 9.36. The maximum atomic E-state index is 13.2. The second-order valence-electron chi connectivity index (χ2n) is 9.06. The normalized spacial score (nSPS) is 47.0. The van der Waals surface area contributed by atoms with Crippen LogP contribution in [0.25, 0.3) is 0 Å². The van der Waals surface area contributed by atoms with Gasteiger partial charge in [0.25, 0.3) is 0 Å². The zero-order chi connectivity index (χ0) is 15.1. The quantitative estimate of drug-likeness (QED) is 0.769. The van der Waals surface area contributed by atoms with E-state index in [1.165, 1.54) is 37.7 Å². The van der Waals surface area contributed by atoms with Crippen molar-refractivity contribution in [2.45, 2.75) is 51.0 Å². The Kier molecular flexibility index (Phi) is 2.70. The first-order valence-corrected chi connectivity index (χ1v) is 10.5. The SMILES string of the molecule is O=C1[C@H]2Cc3ccsc3C[C@@H]2CN1C1C2CC3CC(C2)CC1C3. The zero-order valence-electron chi connectivity index (χ0n) is 13.6. The molecule has 0 N–H and O–H groups in total. The average molecular weight is 327 g/mol. The molecule has 1 aliphatic heterocycles. The third-order valence-electron chi connectivity index (χ3n) is 7.86. The first-order valence-electron chi connectivity index (χ1n) is 9.62. The molecule has 1 aromatic heterocycles. The molecule has 1 saturated heterocycles. The molecule has 7 rings (SSSR count). The van der Waals surface area contributed by atoms with Gasteiger partial charge in [-0.2, -0.15) is 0 Å². The molecule has 0 aromatic carbocycles. The molecule has 4 bridgehead atoms. The predicted molar refractivity (Wildman–Crippen MR) is 91.3 cm³/mol. The number of thiophene rings is 1. The van der Waals surface area contributed by atoms with Crippen molar-refractivity contribution in [1.29, 1.82) is 0 Å².